The molecule has 0 aromatic carbocycles. The van der Waals surface area contributed by atoms with Crippen molar-refractivity contribution in [2.24, 2.45) is 0 Å². The van der Waals surface area contributed by atoms with E-state index in [0.29, 0.717) is 12.8 Å². The number of carbonyl (C=O) groups excluding carboxylic acids is 1. The fraction of sp³-hybridized carbons (Fsp3) is 0.737. The van der Waals surface area contributed by atoms with Crippen LogP contribution < -0.4 is 21.9 Å². The minimum atomic E-state index is -1.30. The van der Waals surface area contributed by atoms with Gasteiger partial charge in [0.15, 0.2) is 6.23 Å². The molecule has 3 rings (SSSR count). The van der Waals surface area contributed by atoms with Gasteiger partial charge in [0.05, 0.1) is 6.61 Å². The lowest BCUT2D eigenvalue weighted by Gasteiger charge is -2.50. The van der Waals surface area contributed by atoms with Gasteiger partial charge in [-0.25, -0.2) is 9.59 Å². The predicted molar refractivity (Wildman–Crippen MR) is 107 cm³/mol. The topological polar surface area (TPSA) is 169 Å². The van der Waals surface area contributed by atoms with Crippen molar-refractivity contribution < 1.29 is 25.0 Å². The summed E-state index contributed by atoms with van der Waals surface area (Å²) in [5.41, 5.74) is -2.73. The third-order valence-corrected chi connectivity index (χ3v) is 5.90. The van der Waals surface area contributed by atoms with Gasteiger partial charge in [-0.2, -0.15) is 0 Å². The highest BCUT2D eigenvalue weighted by Crippen LogP contribution is 2.37. The van der Waals surface area contributed by atoms with Gasteiger partial charge in [0.25, 0.3) is 5.56 Å². The largest absolute Gasteiger partial charge is 0.394 e. The van der Waals surface area contributed by atoms with Crippen LogP contribution in [0.2, 0.25) is 0 Å². The average molecular weight is 440 g/mol. The molecule has 1 aromatic rings. The summed E-state index contributed by atoms with van der Waals surface area (Å²) >= 11 is 0. The number of hydrogen-bond donors (Lipinski definition) is 5. The molecule has 4 atom stereocenters. The summed E-state index contributed by atoms with van der Waals surface area (Å²) in [6.07, 6.45) is -1.41. The Balaban J connectivity index is 1.76. The van der Waals surface area contributed by atoms with Crippen LogP contribution in [0.3, 0.4) is 0 Å². The Labute approximate surface area is 178 Å². The highest BCUT2D eigenvalue weighted by atomic mass is 16.5. The second-order valence-electron chi connectivity index (χ2n) is 9.42. The van der Waals surface area contributed by atoms with Gasteiger partial charge in [0, 0.05) is 29.4 Å². The molecule has 1 aromatic heterocycles. The fourth-order valence-electron chi connectivity index (χ4n) is 4.66. The van der Waals surface area contributed by atoms with E-state index in [1.165, 1.54) is 6.20 Å². The first-order valence-corrected chi connectivity index (χ1v) is 10.2. The summed E-state index contributed by atoms with van der Waals surface area (Å²) < 4.78 is 6.60. The fourth-order valence-corrected chi connectivity index (χ4v) is 4.66. The van der Waals surface area contributed by atoms with Gasteiger partial charge in [-0.1, -0.05) is 0 Å². The number of hydrogen-bond acceptors (Lipinski definition) is 7. The van der Waals surface area contributed by atoms with E-state index in [1.807, 2.05) is 27.7 Å². The van der Waals surface area contributed by atoms with Crippen molar-refractivity contribution in [3.05, 3.63) is 33.1 Å². The van der Waals surface area contributed by atoms with Crippen LogP contribution in [0.25, 0.3) is 0 Å². The monoisotopic (exact) mass is 440 g/mol. The molecule has 2 fully saturated rings. The van der Waals surface area contributed by atoms with Crippen molar-refractivity contribution in [2.45, 2.75) is 82.1 Å². The molecule has 12 heteroatoms. The number of nitrogens with zero attached hydrogens (tertiary/aromatic N) is 2. The zero-order valence-corrected chi connectivity index (χ0v) is 18.0. The summed E-state index contributed by atoms with van der Waals surface area (Å²) in [7, 11) is 0. The number of aromatic amines is 1. The number of urea groups is 1. The number of aliphatic hydroxyl groups is 2. The third kappa shape index (κ3) is 4.67. The molecule has 3 heterocycles. The number of nitrogens with one attached hydrogen (secondary N) is 3. The number of hydroxylamine groups is 2. The van der Waals surface area contributed by atoms with Crippen molar-refractivity contribution in [3.63, 3.8) is 0 Å². The van der Waals surface area contributed by atoms with Crippen LogP contribution in [-0.4, -0.2) is 72.8 Å². The molecule has 0 bridgehead atoms. The Kier molecular flexibility index (Phi) is 6.31. The van der Waals surface area contributed by atoms with Crippen LogP contribution in [0, 0.1) is 0 Å². The Morgan fingerprint density at radius 1 is 1.23 bits per heavy atom. The first-order chi connectivity index (χ1) is 14.4. The molecule has 2 aliphatic rings. The quantitative estimate of drug-likeness (QED) is 0.392. The molecule has 2 amide bonds. The van der Waals surface area contributed by atoms with E-state index in [9.17, 15) is 29.8 Å². The zero-order chi connectivity index (χ0) is 23.1. The number of rotatable bonds is 4. The Hall–Kier alpha value is -2.25. The zero-order valence-electron chi connectivity index (χ0n) is 18.0. The number of piperidine rings is 1. The first kappa shape index (κ1) is 23.4. The van der Waals surface area contributed by atoms with Crippen molar-refractivity contribution in [2.75, 3.05) is 6.61 Å². The van der Waals surface area contributed by atoms with Crippen molar-refractivity contribution in [1.82, 2.24) is 25.2 Å². The van der Waals surface area contributed by atoms with E-state index in [4.69, 9.17) is 4.74 Å². The lowest BCUT2D eigenvalue weighted by molar-refractivity contribution is -0.289. The van der Waals surface area contributed by atoms with Gasteiger partial charge in [0.1, 0.15) is 18.2 Å². The summed E-state index contributed by atoms with van der Waals surface area (Å²) in [6.45, 7) is 6.72. The molecule has 1 radical (unpaired) electrons. The maximum Gasteiger partial charge on any atom is 0.330 e. The van der Waals surface area contributed by atoms with Gasteiger partial charge >= 0.3 is 11.7 Å². The Morgan fingerprint density at radius 2 is 1.84 bits per heavy atom. The van der Waals surface area contributed by atoms with E-state index in [-0.39, 0.29) is 6.04 Å². The van der Waals surface area contributed by atoms with E-state index in [0.717, 1.165) is 15.7 Å². The number of carbonyl (C=O) groups is 1. The minimum absolute atomic E-state index is 0.294. The number of amides is 2. The molecule has 31 heavy (non-hydrogen) atoms. The summed E-state index contributed by atoms with van der Waals surface area (Å²) in [6, 6.07) is -0.856. The van der Waals surface area contributed by atoms with Crippen LogP contribution in [-0.2, 0) is 9.94 Å². The van der Waals surface area contributed by atoms with Crippen molar-refractivity contribution in [3.8, 4) is 0 Å². The van der Waals surface area contributed by atoms with Crippen molar-refractivity contribution in [1.29, 1.82) is 0 Å². The maximum atomic E-state index is 12.7. The molecule has 5 N–H and O–H groups in total. The SMILES string of the molecule is CC1(C)CC(NC(=O)N[C@@H]2[C@H](O)[C@@H](CO)O[C@H]2n2ccc(=O)[nH]c2=O)CC(C)(C)N1[O]. The van der Waals surface area contributed by atoms with Crippen LogP contribution >= 0.6 is 0 Å². The third-order valence-electron chi connectivity index (χ3n) is 5.90. The summed E-state index contributed by atoms with van der Waals surface area (Å²) in [4.78, 5) is 38.3. The summed E-state index contributed by atoms with van der Waals surface area (Å²) in [5, 5.41) is 39.0. The molecule has 0 aliphatic carbocycles. The number of aliphatic hydroxyl groups excluding tert-OH is 2. The standard InChI is InChI=1S/C19H30N5O7/c1-18(2)7-10(8-19(3,4)24(18)30)20-16(28)22-13-14(27)11(9-25)31-15(13)23-6-5-12(26)21-17(23)29/h5-6,10-11,13-15,25,27H,7-9H2,1-4H3,(H2,20,22,28)(H,21,26,29)/t11-,13-,14-,15-/m1/s1. The van der Waals surface area contributed by atoms with Gasteiger partial charge in [-0.05, 0) is 40.5 Å². The van der Waals surface area contributed by atoms with E-state index < -0.39 is 59.4 Å². The van der Waals surface area contributed by atoms with Crippen LogP contribution in [0.1, 0.15) is 46.8 Å². The molecular weight excluding hydrogens is 410 g/mol. The molecule has 0 unspecified atom stereocenters. The first-order valence-electron chi connectivity index (χ1n) is 10.2. The molecule has 173 valence electrons. The number of H-pyrrole nitrogens is 1. The molecule has 12 nitrogen and oxygen atoms in total. The van der Waals surface area contributed by atoms with E-state index in [2.05, 4.69) is 15.6 Å². The average Bonchev–Trinajstić information content (AvgIpc) is 2.95. The molecule has 0 saturated carbocycles. The maximum absolute atomic E-state index is 12.7. The number of aromatic nitrogens is 2. The smallest absolute Gasteiger partial charge is 0.330 e. The second-order valence-corrected chi connectivity index (χ2v) is 9.42. The second kappa shape index (κ2) is 8.36. The molecule has 0 spiro atoms. The predicted octanol–water partition coefficient (Wildman–Crippen LogP) is -1.18. The Morgan fingerprint density at radius 3 is 2.39 bits per heavy atom. The van der Waals surface area contributed by atoms with Gasteiger partial charge in [-0.15, -0.1) is 10.3 Å². The summed E-state index contributed by atoms with van der Waals surface area (Å²) in [5.74, 6) is 0. The molecular formula is C19H30N5O7. The van der Waals surface area contributed by atoms with E-state index >= 15 is 0 Å². The van der Waals surface area contributed by atoms with Gasteiger partial charge in [-0.3, -0.25) is 14.3 Å². The number of ether oxygens (including phenoxy) is 1. The molecule has 2 aliphatic heterocycles. The minimum Gasteiger partial charge on any atom is -0.394 e. The van der Waals surface area contributed by atoms with Gasteiger partial charge < -0.3 is 25.6 Å². The van der Waals surface area contributed by atoms with E-state index in [1.54, 1.807) is 0 Å². The lowest BCUT2D eigenvalue weighted by atomic mass is 9.79. The Bertz CT molecular complexity index is 909. The van der Waals surface area contributed by atoms with Crippen LogP contribution in [0.15, 0.2) is 21.9 Å². The van der Waals surface area contributed by atoms with Crippen LogP contribution in [0.4, 0.5) is 4.79 Å². The van der Waals surface area contributed by atoms with Gasteiger partial charge in [0.2, 0.25) is 0 Å². The highest BCUT2D eigenvalue weighted by Gasteiger charge is 2.48. The lowest BCUT2D eigenvalue weighted by Crippen LogP contribution is -2.63. The van der Waals surface area contributed by atoms with Crippen molar-refractivity contribution >= 4 is 6.03 Å². The molecule has 2 saturated heterocycles. The van der Waals surface area contributed by atoms with Crippen LogP contribution in [0.5, 0.6) is 0 Å². The normalized spacial score (nSPS) is 30.8. The highest BCUT2D eigenvalue weighted by molar-refractivity contribution is 5.74.